The van der Waals surface area contributed by atoms with Crippen LogP contribution in [0, 0.1) is 0 Å². The molecule has 0 spiro atoms. The van der Waals surface area contributed by atoms with Gasteiger partial charge in [-0.3, -0.25) is 0 Å². The van der Waals surface area contributed by atoms with Crippen LogP contribution >= 0.6 is 11.3 Å². The maximum atomic E-state index is 7.03. The van der Waals surface area contributed by atoms with Crippen molar-refractivity contribution in [2.75, 3.05) is 4.90 Å². The van der Waals surface area contributed by atoms with Crippen molar-refractivity contribution in [1.29, 1.82) is 0 Å². The number of fused-ring (bicyclic) bond motifs is 6. The van der Waals surface area contributed by atoms with Crippen molar-refractivity contribution in [1.82, 2.24) is 0 Å². The molecule has 10 aromatic carbocycles. The smallest absolute Gasteiger partial charge is 0.143 e. The first kappa shape index (κ1) is 36.8. The standard InChI is InChI=1S/C60H39NOS/c1-4-13-40(14-5-1)42-23-30-48(31-24-42)61(49-32-25-43(26-33-49)41-15-6-2-7-16-41)50-34-27-45(28-35-50)54-38-47(46-29-36-58-55(37-46)52-19-10-11-22-57(52)63-58)39-56-53-21-12-20-51(59(53)62-60(54)56)44-17-8-3-9-18-44/h1-39H. The van der Waals surface area contributed by atoms with Gasteiger partial charge in [0.15, 0.2) is 0 Å². The van der Waals surface area contributed by atoms with Crippen LogP contribution in [0.1, 0.15) is 0 Å². The summed E-state index contributed by atoms with van der Waals surface area (Å²) in [4.78, 5) is 2.34. The lowest BCUT2D eigenvalue weighted by Crippen LogP contribution is -2.09. The van der Waals surface area contributed by atoms with Crippen LogP contribution in [0.2, 0.25) is 0 Å². The van der Waals surface area contributed by atoms with Crippen molar-refractivity contribution < 1.29 is 4.42 Å². The molecule has 296 valence electrons. The molecule has 12 rings (SSSR count). The lowest BCUT2D eigenvalue weighted by molar-refractivity contribution is 0.671. The second kappa shape index (κ2) is 15.5. The van der Waals surface area contributed by atoms with Crippen molar-refractivity contribution in [3.05, 3.63) is 237 Å². The number of para-hydroxylation sites is 1. The molecule has 0 radical (unpaired) electrons. The lowest BCUT2D eigenvalue weighted by atomic mass is 9.94. The second-order valence-electron chi connectivity index (χ2n) is 16.1. The number of nitrogens with zero attached hydrogens (tertiary/aromatic N) is 1. The van der Waals surface area contributed by atoms with Crippen LogP contribution in [0.4, 0.5) is 17.1 Å². The Morgan fingerprint density at radius 2 is 0.714 bits per heavy atom. The van der Waals surface area contributed by atoms with Gasteiger partial charge >= 0.3 is 0 Å². The zero-order valence-electron chi connectivity index (χ0n) is 34.3. The SMILES string of the molecule is c1ccc(-c2ccc(N(c3ccc(-c4ccccc4)cc3)c3ccc(-c4cc(-c5ccc6sc7ccccc7c6c5)cc5c4oc4c(-c6ccccc6)cccc45)cc3)cc2)cc1. The molecule has 0 saturated heterocycles. The predicted octanol–water partition coefficient (Wildman–Crippen LogP) is 17.8. The highest BCUT2D eigenvalue weighted by Gasteiger charge is 2.20. The topological polar surface area (TPSA) is 16.4 Å². The van der Waals surface area contributed by atoms with Gasteiger partial charge in [-0.2, -0.15) is 0 Å². The summed E-state index contributed by atoms with van der Waals surface area (Å²) in [6.45, 7) is 0. The summed E-state index contributed by atoms with van der Waals surface area (Å²) < 4.78 is 9.64. The van der Waals surface area contributed by atoms with Gasteiger partial charge in [0.05, 0.1) is 0 Å². The van der Waals surface area contributed by atoms with Gasteiger partial charge in [0.2, 0.25) is 0 Å². The van der Waals surface area contributed by atoms with Crippen molar-refractivity contribution in [2.24, 2.45) is 0 Å². The van der Waals surface area contributed by atoms with Gasteiger partial charge in [0.25, 0.3) is 0 Å². The molecule has 0 atom stereocenters. The van der Waals surface area contributed by atoms with Crippen LogP contribution < -0.4 is 4.90 Å². The quantitative estimate of drug-likeness (QED) is 0.152. The summed E-state index contributed by atoms with van der Waals surface area (Å²) >= 11 is 1.85. The van der Waals surface area contributed by atoms with Gasteiger partial charge in [0.1, 0.15) is 11.2 Å². The van der Waals surface area contributed by atoms with E-state index < -0.39 is 0 Å². The Bertz CT molecular complexity index is 3490. The Balaban J connectivity index is 1.01. The Hall–Kier alpha value is -7.98. The van der Waals surface area contributed by atoms with Gasteiger partial charge in [-0.1, -0.05) is 170 Å². The molecule has 63 heavy (non-hydrogen) atoms. The summed E-state index contributed by atoms with van der Waals surface area (Å²) in [6, 6.07) is 85.2. The molecule has 0 amide bonds. The minimum absolute atomic E-state index is 0.886. The van der Waals surface area contributed by atoms with Crippen molar-refractivity contribution in [3.63, 3.8) is 0 Å². The molecule has 2 heterocycles. The number of rotatable bonds is 8. The van der Waals surface area contributed by atoms with Gasteiger partial charge in [0, 0.05) is 59.1 Å². The average Bonchev–Trinajstić information content (AvgIpc) is 3.94. The van der Waals surface area contributed by atoms with E-state index in [1.807, 2.05) is 11.3 Å². The van der Waals surface area contributed by atoms with E-state index in [4.69, 9.17) is 4.42 Å². The summed E-state index contributed by atoms with van der Waals surface area (Å²) in [5, 5.41) is 4.80. The molecule has 12 aromatic rings. The van der Waals surface area contributed by atoms with E-state index in [2.05, 4.69) is 241 Å². The van der Waals surface area contributed by atoms with E-state index in [1.165, 1.54) is 48.0 Å². The van der Waals surface area contributed by atoms with E-state index in [1.54, 1.807) is 0 Å². The molecule has 0 aliphatic carbocycles. The first-order valence-corrected chi connectivity index (χ1v) is 22.2. The van der Waals surface area contributed by atoms with Crippen molar-refractivity contribution in [2.45, 2.75) is 0 Å². The minimum atomic E-state index is 0.886. The molecule has 0 saturated carbocycles. The highest BCUT2D eigenvalue weighted by atomic mass is 32.1. The highest BCUT2D eigenvalue weighted by Crippen LogP contribution is 2.45. The fourth-order valence-electron chi connectivity index (χ4n) is 9.14. The largest absolute Gasteiger partial charge is 0.455 e. The molecule has 0 fully saturated rings. The summed E-state index contributed by atoms with van der Waals surface area (Å²) in [5.74, 6) is 0. The first-order chi connectivity index (χ1) is 31.2. The molecule has 0 N–H and O–H groups in total. The molecular weight excluding hydrogens is 783 g/mol. The van der Waals surface area contributed by atoms with Crippen LogP contribution in [-0.4, -0.2) is 0 Å². The fourth-order valence-corrected chi connectivity index (χ4v) is 10.2. The summed E-state index contributed by atoms with van der Waals surface area (Å²) in [5.41, 5.74) is 16.5. The van der Waals surface area contributed by atoms with E-state index >= 15 is 0 Å². The molecule has 2 aromatic heterocycles. The monoisotopic (exact) mass is 821 g/mol. The fraction of sp³-hybridized carbons (Fsp3) is 0. The first-order valence-electron chi connectivity index (χ1n) is 21.4. The Morgan fingerprint density at radius 1 is 0.270 bits per heavy atom. The second-order valence-corrected chi connectivity index (χ2v) is 17.2. The normalized spacial score (nSPS) is 11.5. The molecule has 0 unspecified atom stereocenters. The van der Waals surface area contributed by atoms with Gasteiger partial charge in [-0.15, -0.1) is 11.3 Å². The number of benzene rings is 10. The van der Waals surface area contributed by atoms with Crippen LogP contribution in [0.5, 0.6) is 0 Å². The highest BCUT2D eigenvalue weighted by molar-refractivity contribution is 7.25. The summed E-state index contributed by atoms with van der Waals surface area (Å²) in [6.07, 6.45) is 0. The van der Waals surface area contributed by atoms with Gasteiger partial charge < -0.3 is 9.32 Å². The maximum absolute atomic E-state index is 7.03. The van der Waals surface area contributed by atoms with Gasteiger partial charge in [-0.25, -0.2) is 0 Å². The lowest BCUT2D eigenvalue weighted by Gasteiger charge is -2.26. The molecule has 0 aliphatic rings. The third-order valence-corrected chi connectivity index (χ3v) is 13.4. The van der Waals surface area contributed by atoms with Crippen LogP contribution in [0.25, 0.3) is 97.7 Å². The molecule has 2 nitrogen and oxygen atoms in total. The van der Waals surface area contributed by atoms with Crippen molar-refractivity contribution in [3.8, 4) is 55.6 Å². The number of hydrogen-bond donors (Lipinski definition) is 0. The molecular formula is C60H39NOS. The molecule has 0 aliphatic heterocycles. The maximum Gasteiger partial charge on any atom is 0.143 e. The van der Waals surface area contributed by atoms with Crippen molar-refractivity contribution >= 4 is 70.5 Å². The Morgan fingerprint density at radius 3 is 1.33 bits per heavy atom. The number of hydrogen-bond acceptors (Lipinski definition) is 3. The van der Waals surface area contributed by atoms with Gasteiger partial charge in [-0.05, 0) is 111 Å². The number of furan rings is 1. The van der Waals surface area contributed by atoms with E-state index in [9.17, 15) is 0 Å². The van der Waals surface area contributed by atoms with E-state index in [0.29, 0.717) is 0 Å². The van der Waals surface area contributed by atoms with E-state index in [-0.39, 0.29) is 0 Å². The zero-order chi connectivity index (χ0) is 41.7. The van der Waals surface area contributed by atoms with Crippen LogP contribution in [0.15, 0.2) is 241 Å². The Labute approximate surface area is 370 Å². The van der Waals surface area contributed by atoms with E-state index in [0.717, 1.165) is 66.8 Å². The predicted molar refractivity (Wildman–Crippen MR) is 268 cm³/mol. The third-order valence-electron chi connectivity index (χ3n) is 12.3. The van der Waals surface area contributed by atoms with Crippen LogP contribution in [0.3, 0.4) is 0 Å². The van der Waals surface area contributed by atoms with Crippen LogP contribution in [-0.2, 0) is 0 Å². The molecule has 0 bridgehead atoms. The zero-order valence-corrected chi connectivity index (χ0v) is 35.1. The minimum Gasteiger partial charge on any atom is -0.455 e. The Kier molecular flexibility index (Phi) is 9.06. The summed E-state index contributed by atoms with van der Waals surface area (Å²) in [7, 11) is 0. The number of thiophene rings is 1. The third kappa shape index (κ3) is 6.67. The number of anilines is 3. The average molecular weight is 822 g/mol. The molecule has 3 heteroatoms.